The summed E-state index contributed by atoms with van der Waals surface area (Å²) in [6, 6.07) is 5.63. The number of carbonyl (C=O) groups excluding carboxylic acids is 1. The van der Waals surface area contributed by atoms with Crippen molar-refractivity contribution in [3.8, 4) is 11.8 Å². The normalized spacial score (nSPS) is 9.58. The summed E-state index contributed by atoms with van der Waals surface area (Å²) in [6.07, 6.45) is 3.01. The van der Waals surface area contributed by atoms with Gasteiger partial charge in [0.2, 0.25) is 0 Å². The Kier molecular flexibility index (Phi) is 3.96. The van der Waals surface area contributed by atoms with Gasteiger partial charge in [-0.2, -0.15) is 5.10 Å². The minimum atomic E-state index is -0.211. The first-order chi connectivity index (χ1) is 9.19. The molecule has 96 valence electrons. The summed E-state index contributed by atoms with van der Waals surface area (Å²) in [5.74, 6) is 5.53. The molecule has 0 bridgehead atoms. The predicted molar refractivity (Wildman–Crippen MR) is 73.7 cm³/mol. The second-order valence-electron chi connectivity index (χ2n) is 4.03. The van der Waals surface area contributed by atoms with Gasteiger partial charge in [0.25, 0.3) is 5.91 Å². The standard InChI is InChI=1S/C14H14N4O/c1-10-5-11(3-2-4-15)7-13(6-10)18-14(19)12-8-16-17-9-12/h5-9H,4,15H2,1H3,(H,16,17)(H,18,19). The van der Waals surface area contributed by atoms with Crippen LogP contribution in [0, 0.1) is 18.8 Å². The molecule has 0 aliphatic heterocycles. The van der Waals surface area contributed by atoms with Crippen LogP contribution >= 0.6 is 0 Å². The number of aromatic amines is 1. The number of rotatable bonds is 2. The molecule has 1 amide bonds. The van der Waals surface area contributed by atoms with Gasteiger partial charge in [0.05, 0.1) is 18.3 Å². The van der Waals surface area contributed by atoms with Gasteiger partial charge < -0.3 is 11.1 Å². The van der Waals surface area contributed by atoms with E-state index in [0.29, 0.717) is 17.8 Å². The second-order valence-corrected chi connectivity index (χ2v) is 4.03. The van der Waals surface area contributed by atoms with E-state index in [9.17, 15) is 4.79 Å². The zero-order valence-corrected chi connectivity index (χ0v) is 10.5. The van der Waals surface area contributed by atoms with Gasteiger partial charge in [-0.05, 0) is 30.7 Å². The first kappa shape index (κ1) is 12.9. The second kappa shape index (κ2) is 5.85. The monoisotopic (exact) mass is 254 g/mol. The molecule has 0 unspecified atom stereocenters. The number of aryl methyl sites for hydroxylation is 1. The molecular weight excluding hydrogens is 240 g/mol. The van der Waals surface area contributed by atoms with Crippen LogP contribution in [0.25, 0.3) is 0 Å². The summed E-state index contributed by atoms with van der Waals surface area (Å²) in [5.41, 5.74) is 8.37. The van der Waals surface area contributed by atoms with E-state index in [4.69, 9.17) is 5.73 Å². The molecule has 0 radical (unpaired) electrons. The number of nitrogens with two attached hydrogens (primary N) is 1. The van der Waals surface area contributed by atoms with Crippen LogP contribution in [0.5, 0.6) is 0 Å². The molecule has 0 atom stereocenters. The summed E-state index contributed by atoms with van der Waals surface area (Å²) in [5, 5.41) is 9.14. The SMILES string of the molecule is Cc1cc(C#CCN)cc(NC(=O)c2cn[nH]c2)c1. The van der Waals surface area contributed by atoms with Crippen molar-refractivity contribution in [1.82, 2.24) is 10.2 Å². The Balaban J connectivity index is 2.20. The Labute approximate surface area is 111 Å². The van der Waals surface area contributed by atoms with E-state index in [1.54, 1.807) is 6.20 Å². The highest BCUT2D eigenvalue weighted by molar-refractivity contribution is 6.04. The fourth-order valence-electron chi connectivity index (χ4n) is 1.66. The molecule has 2 rings (SSSR count). The molecule has 1 aromatic carbocycles. The number of nitrogens with zero attached hydrogens (tertiary/aromatic N) is 1. The molecule has 0 aliphatic rings. The molecule has 0 spiro atoms. The highest BCUT2D eigenvalue weighted by atomic mass is 16.1. The molecule has 1 heterocycles. The summed E-state index contributed by atoms with van der Waals surface area (Å²) >= 11 is 0. The van der Waals surface area contributed by atoms with Crippen molar-refractivity contribution in [2.24, 2.45) is 5.73 Å². The van der Waals surface area contributed by atoms with Crippen LogP contribution in [0.2, 0.25) is 0 Å². The molecule has 0 aliphatic carbocycles. The maximum atomic E-state index is 11.9. The van der Waals surface area contributed by atoms with Gasteiger partial charge in [-0.15, -0.1) is 0 Å². The van der Waals surface area contributed by atoms with E-state index in [0.717, 1.165) is 11.1 Å². The number of amides is 1. The number of aromatic nitrogens is 2. The first-order valence-electron chi connectivity index (χ1n) is 5.80. The number of carbonyl (C=O) groups is 1. The molecule has 0 fully saturated rings. The van der Waals surface area contributed by atoms with Crippen LogP contribution in [0.3, 0.4) is 0 Å². The Morgan fingerprint density at radius 2 is 2.32 bits per heavy atom. The van der Waals surface area contributed by atoms with E-state index < -0.39 is 0 Å². The van der Waals surface area contributed by atoms with E-state index in [2.05, 4.69) is 27.4 Å². The molecule has 0 saturated carbocycles. The van der Waals surface area contributed by atoms with Gasteiger partial charge in [-0.25, -0.2) is 0 Å². The summed E-state index contributed by atoms with van der Waals surface area (Å²) < 4.78 is 0. The minimum absolute atomic E-state index is 0.211. The zero-order valence-electron chi connectivity index (χ0n) is 10.5. The van der Waals surface area contributed by atoms with Crippen LogP contribution in [0.15, 0.2) is 30.6 Å². The van der Waals surface area contributed by atoms with Crippen LogP contribution in [0.4, 0.5) is 5.69 Å². The van der Waals surface area contributed by atoms with Gasteiger partial charge in [0, 0.05) is 17.4 Å². The lowest BCUT2D eigenvalue weighted by molar-refractivity contribution is 0.102. The maximum Gasteiger partial charge on any atom is 0.258 e. The summed E-state index contributed by atoms with van der Waals surface area (Å²) in [6.45, 7) is 2.26. The average Bonchev–Trinajstić information content (AvgIpc) is 2.89. The molecule has 5 heteroatoms. The van der Waals surface area contributed by atoms with Crippen LogP contribution in [-0.4, -0.2) is 22.6 Å². The lowest BCUT2D eigenvalue weighted by Crippen LogP contribution is -2.11. The van der Waals surface area contributed by atoms with Crippen molar-refractivity contribution < 1.29 is 4.79 Å². The maximum absolute atomic E-state index is 11.9. The van der Waals surface area contributed by atoms with Crippen LogP contribution in [0.1, 0.15) is 21.5 Å². The van der Waals surface area contributed by atoms with Gasteiger partial charge >= 0.3 is 0 Å². The predicted octanol–water partition coefficient (Wildman–Crippen LogP) is 1.28. The topological polar surface area (TPSA) is 83.8 Å². The number of benzene rings is 1. The van der Waals surface area contributed by atoms with Crippen molar-refractivity contribution in [2.45, 2.75) is 6.92 Å². The van der Waals surface area contributed by atoms with Gasteiger partial charge in [-0.1, -0.05) is 11.8 Å². The van der Waals surface area contributed by atoms with Crippen molar-refractivity contribution in [3.63, 3.8) is 0 Å². The third-order valence-corrected chi connectivity index (χ3v) is 2.43. The van der Waals surface area contributed by atoms with E-state index >= 15 is 0 Å². The number of hydrogen-bond donors (Lipinski definition) is 3. The van der Waals surface area contributed by atoms with E-state index in [1.807, 2.05) is 25.1 Å². The summed E-state index contributed by atoms with van der Waals surface area (Å²) in [4.78, 5) is 11.9. The lowest BCUT2D eigenvalue weighted by atomic mass is 10.1. The average molecular weight is 254 g/mol. The fraction of sp³-hybridized carbons (Fsp3) is 0.143. The number of H-pyrrole nitrogens is 1. The van der Waals surface area contributed by atoms with Gasteiger partial charge in [-0.3, -0.25) is 9.89 Å². The third kappa shape index (κ3) is 3.44. The van der Waals surface area contributed by atoms with Crippen molar-refractivity contribution in [2.75, 3.05) is 11.9 Å². The lowest BCUT2D eigenvalue weighted by Gasteiger charge is -2.05. The van der Waals surface area contributed by atoms with E-state index in [-0.39, 0.29) is 5.91 Å². The van der Waals surface area contributed by atoms with Gasteiger partial charge in [0.15, 0.2) is 0 Å². The molecule has 1 aromatic heterocycles. The number of nitrogens with one attached hydrogen (secondary N) is 2. The third-order valence-electron chi connectivity index (χ3n) is 2.43. The smallest absolute Gasteiger partial charge is 0.258 e. The van der Waals surface area contributed by atoms with Crippen molar-refractivity contribution in [3.05, 3.63) is 47.3 Å². The van der Waals surface area contributed by atoms with Gasteiger partial charge in [0.1, 0.15) is 0 Å². The van der Waals surface area contributed by atoms with Crippen LogP contribution in [-0.2, 0) is 0 Å². The Hall–Kier alpha value is -2.58. The number of hydrogen-bond acceptors (Lipinski definition) is 3. The van der Waals surface area contributed by atoms with Crippen LogP contribution < -0.4 is 11.1 Å². The zero-order chi connectivity index (χ0) is 13.7. The number of anilines is 1. The molecule has 4 N–H and O–H groups in total. The molecule has 2 aromatic rings. The Bertz CT molecular complexity index is 635. The van der Waals surface area contributed by atoms with E-state index in [1.165, 1.54) is 6.20 Å². The minimum Gasteiger partial charge on any atom is -0.322 e. The Morgan fingerprint density at radius 1 is 1.47 bits per heavy atom. The fourth-order valence-corrected chi connectivity index (χ4v) is 1.66. The molecule has 0 saturated heterocycles. The highest BCUT2D eigenvalue weighted by Gasteiger charge is 2.07. The Morgan fingerprint density at radius 3 is 3.00 bits per heavy atom. The quantitative estimate of drug-likeness (QED) is 0.706. The summed E-state index contributed by atoms with van der Waals surface area (Å²) in [7, 11) is 0. The largest absolute Gasteiger partial charge is 0.322 e. The van der Waals surface area contributed by atoms with Crippen molar-refractivity contribution in [1.29, 1.82) is 0 Å². The highest BCUT2D eigenvalue weighted by Crippen LogP contribution is 2.14. The van der Waals surface area contributed by atoms with Crippen molar-refractivity contribution >= 4 is 11.6 Å². The first-order valence-corrected chi connectivity index (χ1v) is 5.80. The molecule has 5 nitrogen and oxygen atoms in total. The molecule has 19 heavy (non-hydrogen) atoms. The molecular formula is C14H14N4O.